The van der Waals surface area contributed by atoms with Gasteiger partial charge in [0.25, 0.3) is 0 Å². The molecule has 0 saturated heterocycles. The summed E-state index contributed by atoms with van der Waals surface area (Å²) in [6.45, 7) is 0.216. The van der Waals surface area contributed by atoms with Gasteiger partial charge in [-0.25, -0.2) is 5.48 Å². The van der Waals surface area contributed by atoms with Crippen LogP contribution >= 0.6 is 0 Å². The average molecular weight is 243 g/mol. The Hall–Kier alpha value is -1.31. The van der Waals surface area contributed by atoms with Crippen molar-refractivity contribution in [3.05, 3.63) is 0 Å². The molecule has 0 aromatic rings. The average Bonchev–Trinajstić information content (AvgIpc) is 2.13. The van der Waals surface area contributed by atoms with Gasteiger partial charge in [-0.05, 0) is 6.92 Å². The number of amides is 1. The summed E-state index contributed by atoms with van der Waals surface area (Å²) in [4.78, 5) is 25.5. The van der Waals surface area contributed by atoms with Gasteiger partial charge in [0.05, 0.1) is 13.0 Å². The molecule has 5 nitrogen and oxygen atoms in total. The van der Waals surface area contributed by atoms with E-state index in [1.54, 1.807) is 12.4 Å². The van der Waals surface area contributed by atoms with Crippen molar-refractivity contribution in [2.75, 3.05) is 13.2 Å². The maximum absolute atomic E-state index is 11.6. The molecule has 94 valence electrons. The SMILES string of the molecule is CCOC(=O)CCC(=O)NOCC(F)(F)F. The third-order valence-electron chi connectivity index (χ3n) is 1.28. The fourth-order valence-corrected chi connectivity index (χ4v) is 0.698. The number of hydrogen-bond acceptors (Lipinski definition) is 4. The minimum Gasteiger partial charge on any atom is -0.466 e. The van der Waals surface area contributed by atoms with E-state index >= 15 is 0 Å². The lowest BCUT2D eigenvalue weighted by Crippen LogP contribution is -2.29. The molecule has 0 aromatic heterocycles. The molecule has 0 aromatic carbocycles. The van der Waals surface area contributed by atoms with Crippen LogP contribution in [-0.2, 0) is 19.2 Å². The Labute approximate surface area is 89.8 Å². The van der Waals surface area contributed by atoms with Gasteiger partial charge in [0.2, 0.25) is 5.91 Å². The summed E-state index contributed by atoms with van der Waals surface area (Å²) in [5, 5.41) is 0. The molecule has 0 unspecified atom stereocenters. The van der Waals surface area contributed by atoms with Crippen molar-refractivity contribution in [1.82, 2.24) is 5.48 Å². The molecular weight excluding hydrogens is 231 g/mol. The Morgan fingerprint density at radius 3 is 2.38 bits per heavy atom. The topological polar surface area (TPSA) is 64.6 Å². The van der Waals surface area contributed by atoms with Crippen LogP contribution in [0, 0.1) is 0 Å². The molecule has 8 heteroatoms. The van der Waals surface area contributed by atoms with Gasteiger partial charge < -0.3 is 4.74 Å². The van der Waals surface area contributed by atoms with E-state index in [9.17, 15) is 22.8 Å². The molecule has 0 rings (SSSR count). The predicted molar refractivity (Wildman–Crippen MR) is 46.0 cm³/mol. The summed E-state index contributed by atoms with van der Waals surface area (Å²) >= 11 is 0. The van der Waals surface area contributed by atoms with Crippen LogP contribution in [0.25, 0.3) is 0 Å². The quantitative estimate of drug-likeness (QED) is 0.557. The van der Waals surface area contributed by atoms with Crippen molar-refractivity contribution >= 4 is 11.9 Å². The van der Waals surface area contributed by atoms with Gasteiger partial charge in [0.15, 0.2) is 6.61 Å². The zero-order valence-electron chi connectivity index (χ0n) is 8.60. The molecule has 16 heavy (non-hydrogen) atoms. The van der Waals surface area contributed by atoms with Crippen LogP contribution < -0.4 is 5.48 Å². The van der Waals surface area contributed by atoms with E-state index in [1.807, 2.05) is 0 Å². The van der Waals surface area contributed by atoms with Gasteiger partial charge in [-0.1, -0.05) is 0 Å². The highest BCUT2D eigenvalue weighted by molar-refractivity contribution is 5.80. The highest BCUT2D eigenvalue weighted by Crippen LogP contribution is 2.13. The fraction of sp³-hybridized carbons (Fsp3) is 0.750. The van der Waals surface area contributed by atoms with Crippen LogP contribution in [0.15, 0.2) is 0 Å². The highest BCUT2D eigenvalue weighted by Gasteiger charge is 2.28. The Bertz CT molecular complexity index is 242. The maximum atomic E-state index is 11.6. The van der Waals surface area contributed by atoms with Crippen molar-refractivity contribution in [2.45, 2.75) is 25.9 Å². The summed E-state index contributed by atoms with van der Waals surface area (Å²) in [6.07, 6.45) is -4.99. The second kappa shape index (κ2) is 7.04. The molecule has 0 aliphatic rings. The Balaban J connectivity index is 3.56. The number of nitrogens with one attached hydrogen (secondary N) is 1. The minimum absolute atomic E-state index is 0.186. The van der Waals surface area contributed by atoms with Gasteiger partial charge >= 0.3 is 12.1 Å². The van der Waals surface area contributed by atoms with Crippen molar-refractivity contribution in [1.29, 1.82) is 0 Å². The van der Waals surface area contributed by atoms with Gasteiger partial charge in [0, 0.05) is 6.42 Å². The van der Waals surface area contributed by atoms with Gasteiger partial charge in [0.1, 0.15) is 0 Å². The lowest BCUT2D eigenvalue weighted by atomic mass is 10.3. The van der Waals surface area contributed by atoms with Gasteiger partial charge in [-0.15, -0.1) is 0 Å². The monoisotopic (exact) mass is 243 g/mol. The first-order valence-corrected chi connectivity index (χ1v) is 4.48. The van der Waals surface area contributed by atoms with Crippen molar-refractivity contribution in [2.24, 2.45) is 0 Å². The summed E-state index contributed by atoms with van der Waals surface area (Å²) in [6, 6.07) is 0. The van der Waals surface area contributed by atoms with Crippen molar-refractivity contribution < 1.29 is 32.3 Å². The van der Waals surface area contributed by atoms with Crippen LogP contribution in [-0.4, -0.2) is 31.3 Å². The number of carbonyl (C=O) groups excluding carboxylic acids is 2. The normalized spacial score (nSPS) is 11.0. The first kappa shape index (κ1) is 14.7. The molecule has 0 radical (unpaired) electrons. The molecule has 0 aliphatic carbocycles. The summed E-state index contributed by atoms with van der Waals surface area (Å²) in [7, 11) is 0. The summed E-state index contributed by atoms with van der Waals surface area (Å²) in [5.74, 6) is -1.40. The Morgan fingerprint density at radius 2 is 1.88 bits per heavy atom. The highest BCUT2D eigenvalue weighted by atomic mass is 19.4. The second-order valence-corrected chi connectivity index (χ2v) is 2.73. The number of esters is 1. The molecule has 0 atom stereocenters. The number of hydroxylamine groups is 1. The van der Waals surface area contributed by atoms with Crippen LogP contribution in [0.3, 0.4) is 0 Å². The van der Waals surface area contributed by atoms with Crippen LogP contribution in [0.4, 0.5) is 13.2 Å². The largest absolute Gasteiger partial charge is 0.466 e. The second-order valence-electron chi connectivity index (χ2n) is 2.73. The Morgan fingerprint density at radius 1 is 1.25 bits per heavy atom. The van der Waals surface area contributed by atoms with Crippen molar-refractivity contribution in [3.8, 4) is 0 Å². The molecule has 0 bridgehead atoms. The lowest BCUT2D eigenvalue weighted by molar-refractivity contribution is -0.192. The van der Waals surface area contributed by atoms with Crippen LogP contribution in [0.1, 0.15) is 19.8 Å². The van der Waals surface area contributed by atoms with Crippen LogP contribution in [0.5, 0.6) is 0 Å². The smallest absolute Gasteiger partial charge is 0.414 e. The van der Waals surface area contributed by atoms with Gasteiger partial charge in [-0.2, -0.15) is 13.2 Å². The van der Waals surface area contributed by atoms with Crippen LogP contribution in [0.2, 0.25) is 0 Å². The third kappa shape index (κ3) is 9.25. The van der Waals surface area contributed by atoms with E-state index in [0.29, 0.717) is 0 Å². The van der Waals surface area contributed by atoms with E-state index in [-0.39, 0.29) is 19.4 Å². The molecule has 1 amide bonds. The molecule has 0 fully saturated rings. The molecule has 0 saturated carbocycles. The standard InChI is InChI=1S/C8H12F3NO4/c1-2-15-7(14)4-3-6(13)12-16-5-8(9,10)11/h2-5H2,1H3,(H,12,13). The first-order chi connectivity index (χ1) is 7.35. The number of rotatable bonds is 6. The van der Waals surface area contributed by atoms with E-state index in [2.05, 4.69) is 9.57 Å². The Kier molecular flexibility index (Phi) is 6.47. The first-order valence-electron chi connectivity index (χ1n) is 4.48. The lowest BCUT2D eigenvalue weighted by Gasteiger charge is -2.07. The zero-order chi connectivity index (χ0) is 12.6. The molecule has 0 heterocycles. The number of carbonyl (C=O) groups is 2. The van der Waals surface area contributed by atoms with E-state index in [4.69, 9.17) is 0 Å². The van der Waals surface area contributed by atoms with E-state index in [1.165, 1.54) is 0 Å². The van der Waals surface area contributed by atoms with E-state index in [0.717, 1.165) is 0 Å². The number of ether oxygens (including phenoxy) is 1. The molecule has 1 N–H and O–H groups in total. The molecule has 0 spiro atoms. The maximum Gasteiger partial charge on any atom is 0.414 e. The van der Waals surface area contributed by atoms with Crippen molar-refractivity contribution in [3.63, 3.8) is 0 Å². The third-order valence-corrected chi connectivity index (χ3v) is 1.28. The summed E-state index contributed by atoms with van der Waals surface area (Å²) < 4.78 is 39.2. The number of alkyl halides is 3. The predicted octanol–water partition coefficient (Wildman–Crippen LogP) is 0.940. The fourth-order valence-electron chi connectivity index (χ4n) is 0.698. The molecule has 0 aliphatic heterocycles. The number of halogens is 3. The van der Waals surface area contributed by atoms with E-state index < -0.39 is 24.7 Å². The minimum atomic E-state index is -4.51. The summed E-state index contributed by atoms with van der Waals surface area (Å²) in [5.41, 5.74) is 1.57. The van der Waals surface area contributed by atoms with Gasteiger partial charge in [-0.3, -0.25) is 14.4 Å². The zero-order valence-corrected chi connectivity index (χ0v) is 8.60. The molecular formula is C8H12F3NO4. The number of hydrogen-bond donors (Lipinski definition) is 1.